The summed E-state index contributed by atoms with van der Waals surface area (Å²) in [6, 6.07) is 6.94. The van der Waals surface area contributed by atoms with Gasteiger partial charge < -0.3 is 15.1 Å². The Morgan fingerprint density at radius 3 is 2.13 bits per heavy atom. The van der Waals surface area contributed by atoms with Crippen molar-refractivity contribution in [2.75, 3.05) is 7.11 Å². The van der Waals surface area contributed by atoms with E-state index in [1.807, 2.05) is 0 Å². The molecule has 0 unspecified atom stereocenters. The summed E-state index contributed by atoms with van der Waals surface area (Å²) >= 11 is 0. The van der Waals surface area contributed by atoms with Crippen LogP contribution in [-0.2, 0) is 0 Å². The van der Waals surface area contributed by atoms with Gasteiger partial charge in [-0.25, -0.2) is 0 Å². The molecule has 0 amide bonds. The maximum absolute atomic E-state index is 9.74. The van der Waals surface area contributed by atoms with Crippen molar-refractivity contribution in [1.82, 2.24) is 0 Å². The van der Waals surface area contributed by atoms with E-state index in [2.05, 4.69) is 5.16 Å². The average molecular weight is 209 g/mol. The van der Waals surface area contributed by atoms with E-state index >= 15 is 0 Å². The van der Waals surface area contributed by atoms with Crippen molar-refractivity contribution < 1.29 is 15.1 Å². The summed E-state index contributed by atoms with van der Waals surface area (Å²) in [6.45, 7) is 3.12. The Labute approximate surface area is 88.8 Å². The number of methoxy groups -OCH3 is 1. The lowest BCUT2D eigenvalue weighted by Crippen LogP contribution is -2.32. The molecule has 0 radical (unpaired) electrons. The predicted octanol–water partition coefficient (Wildman–Crippen LogP) is 1.64. The third-order valence-corrected chi connectivity index (χ3v) is 2.04. The number of hydrogen-bond donors (Lipinski definition) is 2. The van der Waals surface area contributed by atoms with E-state index in [1.165, 1.54) is 0 Å². The van der Waals surface area contributed by atoms with E-state index in [0.717, 1.165) is 0 Å². The van der Waals surface area contributed by atoms with E-state index in [0.29, 0.717) is 11.3 Å². The highest BCUT2D eigenvalue weighted by Gasteiger charge is 2.23. The van der Waals surface area contributed by atoms with Crippen molar-refractivity contribution >= 4 is 5.71 Å². The largest absolute Gasteiger partial charge is 0.497 e. The molecule has 1 rings (SSSR count). The lowest BCUT2D eigenvalue weighted by atomic mass is 9.96. The van der Waals surface area contributed by atoms with Crippen LogP contribution in [0.4, 0.5) is 0 Å². The van der Waals surface area contributed by atoms with Crippen LogP contribution >= 0.6 is 0 Å². The normalized spacial score (nSPS) is 12.7. The number of nitrogens with zero attached hydrogens (tertiary/aromatic N) is 1. The highest BCUT2D eigenvalue weighted by molar-refractivity contribution is 6.05. The monoisotopic (exact) mass is 209 g/mol. The van der Waals surface area contributed by atoms with Gasteiger partial charge in [0.05, 0.1) is 7.11 Å². The lowest BCUT2D eigenvalue weighted by molar-refractivity contribution is 0.148. The number of benzene rings is 1. The van der Waals surface area contributed by atoms with Crippen LogP contribution in [0.3, 0.4) is 0 Å². The van der Waals surface area contributed by atoms with E-state index in [9.17, 15) is 5.11 Å². The van der Waals surface area contributed by atoms with Crippen molar-refractivity contribution in [3.05, 3.63) is 29.8 Å². The van der Waals surface area contributed by atoms with E-state index in [4.69, 9.17) is 9.94 Å². The summed E-state index contributed by atoms with van der Waals surface area (Å²) in [6.07, 6.45) is 0. The quantitative estimate of drug-likeness (QED) is 0.452. The first-order chi connectivity index (χ1) is 6.99. The Kier molecular flexibility index (Phi) is 3.31. The molecule has 0 atom stereocenters. The number of aliphatic hydroxyl groups is 1. The molecular formula is C11H15NO3. The number of ether oxygens (including phenoxy) is 1. The molecule has 0 saturated carbocycles. The molecular weight excluding hydrogens is 194 g/mol. The lowest BCUT2D eigenvalue weighted by Gasteiger charge is -2.18. The molecule has 0 fully saturated rings. The van der Waals surface area contributed by atoms with Crippen LogP contribution in [0.25, 0.3) is 0 Å². The number of hydrogen-bond acceptors (Lipinski definition) is 4. The fourth-order valence-electron chi connectivity index (χ4n) is 1.28. The second-order valence-corrected chi connectivity index (χ2v) is 3.74. The SMILES string of the molecule is COc1ccc(/C(=N/O)C(C)(C)O)cc1. The summed E-state index contributed by atoms with van der Waals surface area (Å²) in [4.78, 5) is 0. The fraction of sp³-hybridized carbons (Fsp3) is 0.364. The minimum absolute atomic E-state index is 0.227. The van der Waals surface area contributed by atoms with Crippen LogP contribution in [0.15, 0.2) is 29.4 Å². The molecule has 0 aliphatic heterocycles. The van der Waals surface area contributed by atoms with Gasteiger partial charge in [-0.2, -0.15) is 0 Å². The maximum atomic E-state index is 9.74. The summed E-state index contributed by atoms with van der Waals surface area (Å²) < 4.78 is 5.00. The molecule has 82 valence electrons. The molecule has 1 aromatic carbocycles. The summed E-state index contributed by atoms with van der Waals surface area (Å²) in [7, 11) is 1.58. The molecule has 2 N–H and O–H groups in total. The third-order valence-electron chi connectivity index (χ3n) is 2.04. The van der Waals surface area contributed by atoms with Gasteiger partial charge in [0.1, 0.15) is 17.1 Å². The van der Waals surface area contributed by atoms with E-state index in [1.54, 1.807) is 45.2 Å². The minimum atomic E-state index is -1.18. The van der Waals surface area contributed by atoms with Crippen molar-refractivity contribution in [1.29, 1.82) is 0 Å². The molecule has 0 spiro atoms. The Balaban J connectivity index is 3.05. The zero-order valence-electron chi connectivity index (χ0n) is 9.06. The summed E-state index contributed by atoms with van der Waals surface area (Å²) in [5.41, 5.74) is -0.292. The average Bonchev–Trinajstić information content (AvgIpc) is 2.18. The first-order valence-electron chi connectivity index (χ1n) is 4.58. The molecule has 15 heavy (non-hydrogen) atoms. The first-order valence-corrected chi connectivity index (χ1v) is 4.58. The van der Waals surface area contributed by atoms with Gasteiger partial charge in [-0.15, -0.1) is 0 Å². The van der Waals surface area contributed by atoms with Crippen LogP contribution in [0, 0.1) is 0 Å². The maximum Gasteiger partial charge on any atom is 0.118 e. The van der Waals surface area contributed by atoms with Crippen LogP contribution < -0.4 is 4.74 Å². The highest BCUT2D eigenvalue weighted by Crippen LogP contribution is 2.17. The van der Waals surface area contributed by atoms with Gasteiger partial charge in [-0.05, 0) is 38.1 Å². The first kappa shape index (κ1) is 11.5. The fourth-order valence-corrected chi connectivity index (χ4v) is 1.28. The second kappa shape index (κ2) is 4.31. The molecule has 4 nitrogen and oxygen atoms in total. The van der Waals surface area contributed by atoms with Crippen LogP contribution in [-0.4, -0.2) is 28.7 Å². The molecule has 0 bridgehead atoms. The molecule has 1 aromatic rings. The van der Waals surface area contributed by atoms with Crippen LogP contribution in [0.2, 0.25) is 0 Å². The van der Waals surface area contributed by atoms with Gasteiger partial charge >= 0.3 is 0 Å². The third kappa shape index (κ3) is 2.70. The number of oxime groups is 1. The second-order valence-electron chi connectivity index (χ2n) is 3.74. The highest BCUT2D eigenvalue weighted by atomic mass is 16.5. The van der Waals surface area contributed by atoms with Gasteiger partial charge in [0.2, 0.25) is 0 Å². The van der Waals surface area contributed by atoms with Gasteiger partial charge in [0, 0.05) is 5.56 Å². The van der Waals surface area contributed by atoms with Gasteiger partial charge in [-0.3, -0.25) is 0 Å². The van der Waals surface area contributed by atoms with Crippen molar-refractivity contribution in [2.45, 2.75) is 19.4 Å². The van der Waals surface area contributed by atoms with Crippen molar-refractivity contribution in [2.24, 2.45) is 5.16 Å². The Bertz CT molecular complexity index is 349. The Morgan fingerprint density at radius 2 is 1.80 bits per heavy atom. The topological polar surface area (TPSA) is 62.0 Å². The molecule has 0 saturated heterocycles. The van der Waals surface area contributed by atoms with E-state index < -0.39 is 5.60 Å². The van der Waals surface area contributed by atoms with Crippen molar-refractivity contribution in [3.8, 4) is 5.75 Å². The van der Waals surface area contributed by atoms with Crippen LogP contribution in [0.5, 0.6) is 5.75 Å². The van der Waals surface area contributed by atoms with Gasteiger partial charge in [0.25, 0.3) is 0 Å². The predicted molar refractivity (Wildman–Crippen MR) is 57.6 cm³/mol. The smallest absolute Gasteiger partial charge is 0.118 e. The molecule has 0 aromatic heterocycles. The molecule has 0 heterocycles. The molecule has 0 aliphatic carbocycles. The minimum Gasteiger partial charge on any atom is -0.497 e. The van der Waals surface area contributed by atoms with Gasteiger partial charge in [0.15, 0.2) is 0 Å². The Morgan fingerprint density at radius 1 is 1.27 bits per heavy atom. The molecule has 0 aliphatic rings. The molecule has 4 heteroatoms. The summed E-state index contributed by atoms with van der Waals surface area (Å²) in [5, 5.41) is 21.7. The standard InChI is InChI=1S/C11H15NO3/c1-11(2,13)10(12-14)8-4-6-9(15-3)7-5-8/h4-7,13-14H,1-3H3/b12-10-. The zero-order valence-corrected chi connectivity index (χ0v) is 9.06. The summed E-state index contributed by atoms with van der Waals surface area (Å²) in [5.74, 6) is 0.715. The zero-order chi connectivity index (χ0) is 11.5. The van der Waals surface area contributed by atoms with Gasteiger partial charge in [-0.1, -0.05) is 5.16 Å². The Hall–Kier alpha value is -1.55. The van der Waals surface area contributed by atoms with Crippen molar-refractivity contribution in [3.63, 3.8) is 0 Å². The van der Waals surface area contributed by atoms with E-state index in [-0.39, 0.29) is 5.71 Å². The van der Waals surface area contributed by atoms with Crippen LogP contribution in [0.1, 0.15) is 19.4 Å². The number of rotatable bonds is 3.